The summed E-state index contributed by atoms with van der Waals surface area (Å²) in [6.45, 7) is 3.63. The molecule has 3 aliphatic rings. The standard InChI is InChI=1S/C26H30FNO5/c1-14-13-19-23(24(29)20(14)25(30)32-3)22(16-9-11-17(27)12-10-16)21(15(2)28-19)26(31)33-18-7-5-4-6-8-18/h9-12,14,18,20,22,28H,4-8,13H2,1-3H3/t14-,20+,22-/m1/s1. The highest BCUT2D eigenvalue weighted by molar-refractivity contribution is 6.12. The lowest BCUT2D eigenvalue weighted by Crippen LogP contribution is -2.43. The zero-order valence-electron chi connectivity index (χ0n) is 19.3. The van der Waals surface area contributed by atoms with Crippen LogP contribution in [0.5, 0.6) is 0 Å². The number of rotatable bonds is 4. The lowest BCUT2D eigenvalue weighted by molar-refractivity contribution is -0.151. The Kier molecular flexibility index (Phi) is 6.68. The van der Waals surface area contributed by atoms with Gasteiger partial charge in [-0.3, -0.25) is 9.59 Å². The van der Waals surface area contributed by atoms with Crippen LogP contribution in [0.1, 0.15) is 63.9 Å². The molecule has 4 rings (SSSR count). The Morgan fingerprint density at radius 2 is 1.76 bits per heavy atom. The van der Waals surface area contributed by atoms with Crippen molar-refractivity contribution in [2.45, 2.75) is 64.4 Å². The van der Waals surface area contributed by atoms with Gasteiger partial charge in [0, 0.05) is 22.9 Å². The van der Waals surface area contributed by atoms with E-state index in [1.54, 1.807) is 19.1 Å². The van der Waals surface area contributed by atoms with Crippen LogP contribution in [0.3, 0.4) is 0 Å². The van der Waals surface area contributed by atoms with Crippen molar-refractivity contribution in [2.24, 2.45) is 11.8 Å². The fraction of sp³-hybridized carbons (Fsp3) is 0.500. The van der Waals surface area contributed by atoms with E-state index in [9.17, 15) is 18.8 Å². The average Bonchev–Trinajstić information content (AvgIpc) is 2.79. The Morgan fingerprint density at radius 3 is 2.39 bits per heavy atom. The van der Waals surface area contributed by atoms with Gasteiger partial charge < -0.3 is 14.8 Å². The minimum Gasteiger partial charge on any atom is -0.468 e. The second-order valence-corrected chi connectivity index (χ2v) is 9.25. The van der Waals surface area contributed by atoms with Gasteiger partial charge in [0.25, 0.3) is 0 Å². The van der Waals surface area contributed by atoms with Gasteiger partial charge in [0.2, 0.25) is 0 Å². The van der Waals surface area contributed by atoms with Crippen LogP contribution in [-0.4, -0.2) is 30.9 Å². The summed E-state index contributed by atoms with van der Waals surface area (Å²) >= 11 is 0. The van der Waals surface area contributed by atoms with E-state index in [0.29, 0.717) is 34.5 Å². The summed E-state index contributed by atoms with van der Waals surface area (Å²) in [6.07, 6.45) is 5.11. The number of nitrogens with one attached hydrogen (secondary N) is 1. The molecule has 0 radical (unpaired) electrons. The van der Waals surface area contributed by atoms with Crippen LogP contribution >= 0.6 is 0 Å². The molecule has 3 atom stereocenters. The Labute approximate surface area is 193 Å². The molecule has 1 fully saturated rings. The molecule has 2 aliphatic carbocycles. The van der Waals surface area contributed by atoms with Crippen molar-refractivity contribution in [3.05, 3.63) is 58.2 Å². The summed E-state index contributed by atoms with van der Waals surface area (Å²) in [7, 11) is 1.26. The number of hydrogen-bond donors (Lipinski definition) is 1. The molecule has 1 heterocycles. The largest absolute Gasteiger partial charge is 0.468 e. The number of hydrogen-bond acceptors (Lipinski definition) is 6. The highest BCUT2D eigenvalue weighted by Gasteiger charge is 2.47. The third-order valence-corrected chi connectivity index (χ3v) is 6.99. The number of benzene rings is 1. The van der Waals surface area contributed by atoms with Crippen LogP contribution in [0.4, 0.5) is 4.39 Å². The van der Waals surface area contributed by atoms with Crippen molar-refractivity contribution >= 4 is 17.7 Å². The lowest BCUT2D eigenvalue weighted by atomic mass is 9.69. The number of Topliss-reactive ketones (excluding diaryl/α,β-unsaturated/α-hetero) is 1. The predicted molar refractivity (Wildman–Crippen MR) is 119 cm³/mol. The number of ketones is 1. The summed E-state index contributed by atoms with van der Waals surface area (Å²) in [5.41, 5.74) is 2.59. The van der Waals surface area contributed by atoms with Crippen molar-refractivity contribution in [3.63, 3.8) is 0 Å². The van der Waals surface area contributed by atoms with Crippen LogP contribution < -0.4 is 5.32 Å². The molecule has 1 N–H and O–H groups in total. The number of dihydropyridines is 1. The van der Waals surface area contributed by atoms with E-state index in [-0.39, 0.29) is 17.8 Å². The first-order chi connectivity index (χ1) is 15.8. The summed E-state index contributed by atoms with van der Waals surface area (Å²) in [5.74, 6) is -3.80. The van der Waals surface area contributed by atoms with Gasteiger partial charge in [-0.1, -0.05) is 25.5 Å². The van der Waals surface area contributed by atoms with Gasteiger partial charge in [-0.2, -0.15) is 0 Å². The van der Waals surface area contributed by atoms with Crippen LogP contribution in [-0.2, 0) is 23.9 Å². The van der Waals surface area contributed by atoms with Crippen LogP contribution in [0, 0.1) is 17.7 Å². The van der Waals surface area contributed by atoms with Crippen molar-refractivity contribution in [1.29, 1.82) is 0 Å². The van der Waals surface area contributed by atoms with E-state index in [1.807, 2.05) is 6.92 Å². The molecule has 33 heavy (non-hydrogen) atoms. The van der Waals surface area contributed by atoms with Crippen LogP contribution in [0.2, 0.25) is 0 Å². The van der Waals surface area contributed by atoms with E-state index in [1.165, 1.54) is 19.2 Å². The molecule has 1 aromatic rings. The Balaban J connectivity index is 1.77. The highest BCUT2D eigenvalue weighted by atomic mass is 19.1. The van der Waals surface area contributed by atoms with Gasteiger partial charge in [-0.25, -0.2) is 9.18 Å². The van der Waals surface area contributed by atoms with E-state index in [2.05, 4.69) is 5.32 Å². The lowest BCUT2D eigenvalue weighted by Gasteiger charge is -2.38. The first-order valence-corrected chi connectivity index (χ1v) is 11.6. The molecule has 1 aromatic carbocycles. The number of allylic oxidation sites excluding steroid dienone is 3. The second-order valence-electron chi connectivity index (χ2n) is 9.25. The van der Waals surface area contributed by atoms with E-state index >= 15 is 0 Å². The fourth-order valence-electron chi connectivity index (χ4n) is 5.34. The first kappa shape index (κ1) is 23.2. The fourth-order valence-corrected chi connectivity index (χ4v) is 5.34. The van der Waals surface area contributed by atoms with Crippen molar-refractivity contribution < 1.29 is 28.2 Å². The van der Waals surface area contributed by atoms with Gasteiger partial charge in [0.15, 0.2) is 5.78 Å². The molecule has 7 heteroatoms. The molecule has 0 amide bonds. The zero-order valence-corrected chi connectivity index (χ0v) is 19.3. The average molecular weight is 456 g/mol. The number of esters is 2. The predicted octanol–water partition coefficient (Wildman–Crippen LogP) is 4.31. The molecule has 0 bridgehead atoms. The highest BCUT2D eigenvalue weighted by Crippen LogP contribution is 2.45. The monoisotopic (exact) mass is 455 g/mol. The molecular formula is C26H30FNO5. The second kappa shape index (κ2) is 9.49. The molecule has 0 spiro atoms. The number of ether oxygens (including phenoxy) is 2. The smallest absolute Gasteiger partial charge is 0.337 e. The van der Waals surface area contributed by atoms with Crippen LogP contribution in [0.25, 0.3) is 0 Å². The summed E-state index contributed by atoms with van der Waals surface area (Å²) in [4.78, 5) is 39.5. The Hall–Kier alpha value is -2.96. The number of carbonyl (C=O) groups is 3. The zero-order chi connectivity index (χ0) is 23.7. The van der Waals surface area contributed by atoms with Crippen molar-refractivity contribution in [3.8, 4) is 0 Å². The van der Waals surface area contributed by atoms with Gasteiger partial charge in [-0.15, -0.1) is 0 Å². The van der Waals surface area contributed by atoms with Gasteiger partial charge >= 0.3 is 11.9 Å². The molecule has 0 unspecified atom stereocenters. The van der Waals surface area contributed by atoms with E-state index < -0.39 is 29.6 Å². The topological polar surface area (TPSA) is 81.7 Å². The van der Waals surface area contributed by atoms with Crippen molar-refractivity contribution in [2.75, 3.05) is 7.11 Å². The number of halogens is 1. The van der Waals surface area contributed by atoms with E-state index in [4.69, 9.17) is 9.47 Å². The molecular weight excluding hydrogens is 425 g/mol. The summed E-state index contributed by atoms with van der Waals surface area (Å²) in [5, 5.41) is 3.25. The molecule has 0 saturated heterocycles. The van der Waals surface area contributed by atoms with Crippen molar-refractivity contribution in [1.82, 2.24) is 5.32 Å². The maximum Gasteiger partial charge on any atom is 0.337 e. The normalized spacial score (nSPS) is 25.9. The van der Waals surface area contributed by atoms with E-state index in [0.717, 1.165) is 32.1 Å². The molecule has 176 valence electrons. The molecule has 6 nitrogen and oxygen atoms in total. The quantitative estimate of drug-likeness (QED) is 0.538. The first-order valence-electron chi connectivity index (χ1n) is 11.6. The van der Waals surface area contributed by atoms with Gasteiger partial charge in [0.05, 0.1) is 12.7 Å². The minimum absolute atomic E-state index is 0.152. The number of carbonyl (C=O) groups excluding carboxylic acids is 3. The van der Waals surface area contributed by atoms with Gasteiger partial charge in [0.1, 0.15) is 17.8 Å². The van der Waals surface area contributed by atoms with Crippen LogP contribution in [0.15, 0.2) is 46.8 Å². The number of methoxy groups -OCH3 is 1. The third-order valence-electron chi connectivity index (χ3n) is 6.99. The molecule has 1 saturated carbocycles. The minimum atomic E-state index is -0.951. The van der Waals surface area contributed by atoms with Gasteiger partial charge in [-0.05, 0) is 62.6 Å². The summed E-state index contributed by atoms with van der Waals surface area (Å²) < 4.78 is 24.5. The molecule has 1 aliphatic heterocycles. The summed E-state index contributed by atoms with van der Waals surface area (Å²) in [6, 6.07) is 5.78. The Morgan fingerprint density at radius 1 is 1.09 bits per heavy atom. The molecule has 0 aromatic heterocycles. The maximum absolute atomic E-state index is 13.7. The third kappa shape index (κ3) is 4.45. The maximum atomic E-state index is 13.7. The Bertz CT molecular complexity index is 1020. The SMILES string of the molecule is COC(=O)[C@@H]1C(=O)C2=C(C[C@H]1C)NC(C)=C(C(=O)OC1CCCCC1)[C@H]2c1ccc(F)cc1.